The van der Waals surface area contributed by atoms with Gasteiger partial charge in [-0.2, -0.15) is 11.8 Å². The smallest absolute Gasteiger partial charge is 0.333 e. The maximum atomic E-state index is 15.7. The molecule has 7 heterocycles. The van der Waals surface area contributed by atoms with Crippen molar-refractivity contribution in [2.75, 3.05) is 64.5 Å². The van der Waals surface area contributed by atoms with Crippen molar-refractivity contribution in [3.63, 3.8) is 0 Å². The van der Waals surface area contributed by atoms with Crippen LogP contribution < -0.4 is 20.9 Å². The number of ether oxygens (including phenoxy) is 1. The van der Waals surface area contributed by atoms with Crippen molar-refractivity contribution in [3.05, 3.63) is 89.7 Å². The number of nitrogens with one attached hydrogen (secondary N) is 3. The maximum Gasteiger partial charge on any atom is 0.333 e. The molecule has 0 saturated carbocycles. The lowest BCUT2D eigenvalue weighted by molar-refractivity contribution is -0.157. The molecule has 390 valence electrons. The predicted molar refractivity (Wildman–Crippen MR) is 272 cm³/mol. The molecule has 6 aliphatic rings. The summed E-state index contributed by atoms with van der Waals surface area (Å²) in [4.78, 5) is 130. The van der Waals surface area contributed by atoms with E-state index in [0.29, 0.717) is 23.3 Å². The molecule has 6 fully saturated rings. The molecule has 2 aromatic carbocycles. The molecule has 1 aromatic heterocycles. The molecule has 0 aliphatic carbocycles. The fraction of sp³-hybridized carbons (Fsp3) is 0.528. The van der Waals surface area contributed by atoms with E-state index in [9.17, 15) is 29.1 Å². The van der Waals surface area contributed by atoms with E-state index in [-0.39, 0.29) is 50.1 Å². The van der Waals surface area contributed by atoms with Crippen molar-refractivity contribution in [2.24, 2.45) is 11.8 Å². The third-order valence-corrected chi connectivity index (χ3v) is 16.7. The highest BCUT2D eigenvalue weighted by Crippen LogP contribution is 2.37. The summed E-state index contributed by atoms with van der Waals surface area (Å²) in [5.41, 5.74) is 1.49. The van der Waals surface area contributed by atoms with Crippen LogP contribution >= 0.6 is 11.8 Å². The Labute approximate surface area is 430 Å². The number of carbonyl (C=O) groups excluding carboxylic acids is 8. The standard InChI is InChI=1S/C53H67N9O10S/c1-6-37-50(68)61-23-11-14-38(61)51(69)59(5)40(26-32-16-18-36(19-17-32)58(3)4)52(70)62-28-35(30-73-43-29-60-24-20-33(43)21-25-60)42(64)27-39(62)47(65)57-45(34-12-8-7-9-13-34)53(71)72-31(2)44(48(66)55-37)56-49(67)46-41(63)15-10-22-54-46/h7-10,12-13,15-19,22,31,33,35,37-40,43-45,63H,6,11,14,20-21,23-30H2,1-5H3,(H,55,66)(H,56,67)(H,57,65)/t31-,35+,37-,38+,39-,40+,43-,44+,45+/m1/s1. The molecule has 9 atom stereocenters. The van der Waals surface area contributed by atoms with Gasteiger partial charge in [-0.1, -0.05) is 49.4 Å². The van der Waals surface area contributed by atoms with Gasteiger partial charge in [0.25, 0.3) is 5.91 Å². The van der Waals surface area contributed by atoms with E-state index in [0.717, 1.165) is 43.7 Å². The molecule has 3 aromatic rings. The van der Waals surface area contributed by atoms with E-state index >= 15 is 14.4 Å². The first kappa shape index (κ1) is 52.8. The van der Waals surface area contributed by atoms with Crippen LogP contribution in [-0.2, 0) is 44.7 Å². The number of thioether (sulfide) groups is 1. The molecule has 6 amide bonds. The number of rotatable bonds is 10. The number of cyclic esters (lactones) is 1. The zero-order chi connectivity index (χ0) is 52.1. The van der Waals surface area contributed by atoms with Gasteiger partial charge in [0.1, 0.15) is 47.8 Å². The van der Waals surface area contributed by atoms with Crippen LogP contribution in [-0.4, -0.2) is 178 Å². The van der Waals surface area contributed by atoms with Crippen molar-refractivity contribution in [2.45, 2.75) is 106 Å². The Morgan fingerprint density at radius 2 is 1.58 bits per heavy atom. The molecular weight excluding hydrogens is 955 g/mol. The molecule has 6 aliphatic heterocycles. The van der Waals surface area contributed by atoms with Gasteiger partial charge in [0, 0.05) is 82.4 Å². The number of amides is 6. The quantitative estimate of drug-likeness (QED) is 0.214. The van der Waals surface area contributed by atoms with Gasteiger partial charge < -0.3 is 50.3 Å². The largest absolute Gasteiger partial charge is 0.505 e. The van der Waals surface area contributed by atoms with Crippen LogP contribution in [0.4, 0.5) is 5.69 Å². The molecule has 19 nitrogen and oxygen atoms in total. The number of hydrogen-bond donors (Lipinski definition) is 4. The van der Waals surface area contributed by atoms with Gasteiger partial charge in [-0.3, -0.25) is 33.6 Å². The number of hydrogen-bond acceptors (Lipinski definition) is 14. The van der Waals surface area contributed by atoms with Gasteiger partial charge in [0.15, 0.2) is 11.7 Å². The highest BCUT2D eigenvalue weighted by molar-refractivity contribution is 8.00. The van der Waals surface area contributed by atoms with Crippen LogP contribution in [0.25, 0.3) is 0 Å². The van der Waals surface area contributed by atoms with Gasteiger partial charge in [-0.15, -0.1) is 0 Å². The fourth-order valence-corrected chi connectivity index (χ4v) is 12.4. The number of fused-ring (bicyclic) bond motifs is 5. The summed E-state index contributed by atoms with van der Waals surface area (Å²) >= 11 is 1.73. The lowest BCUT2D eigenvalue weighted by atomic mass is 9.88. The summed E-state index contributed by atoms with van der Waals surface area (Å²) in [5, 5.41) is 18.8. The number of Topliss-reactive ketones (excluding diaryl/α,β-unsaturated/α-hetero) is 1. The molecule has 0 radical (unpaired) electrons. The molecule has 4 N–H and O–H groups in total. The van der Waals surface area contributed by atoms with E-state index in [1.165, 1.54) is 47.0 Å². The first-order chi connectivity index (χ1) is 35.0. The Morgan fingerprint density at radius 3 is 2.23 bits per heavy atom. The number of carbonyl (C=O) groups is 8. The number of pyridine rings is 1. The Morgan fingerprint density at radius 1 is 0.849 bits per heavy atom. The predicted octanol–water partition coefficient (Wildman–Crippen LogP) is 2.32. The summed E-state index contributed by atoms with van der Waals surface area (Å²) in [6, 6.07) is 10.3. The van der Waals surface area contributed by atoms with Gasteiger partial charge in [0.05, 0.1) is 0 Å². The number of aromatic hydroxyl groups is 1. The summed E-state index contributed by atoms with van der Waals surface area (Å²) in [5.74, 6) is -5.83. The topological polar surface area (TPSA) is 231 Å². The highest BCUT2D eigenvalue weighted by Gasteiger charge is 2.48. The van der Waals surface area contributed by atoms with E-state index in [4.69, 9.17) is 4.74 Å². The summed E-state index contributed by atoms with van der Waals surface area (Å²) < 4.78 is 5.97. The van der Waals surface area contributed by atoms with E-state index in [1.807, 2.05) is 43.3 Å². The number of esters is 1. The van der Waals surface area contributed by atoms with E-state index in [1.54, 1.807) is 49.0 Å². The third kappa shape index (κ3) is 11.8. The number of likely N-dealkylation sites (N-methyl/N-ethyl adjacent to an activating group) is 1. The monoisotopic (exact) mass is 1020 g/mol. The molecular formula is C53H67N9O10S. The second kappa shape index (κ2) is 23.1. The zero-order valence-corrected chi connectivity index (χ0v) is 42.9. The molecule has 6 saturated heterocycles. The normalized spacial score (nSPS) is 29.5. The van der Waals surface area contributed by atoms with Crippen LogP contribution in [0.1, 0.15) is 80.0 Å². The minimum absolute atomic E-state index is 0.0289. The highest BCUT2D eigenvalue weighted by atomic mass is 32.2. The fourth-order valence-electron chi connectivity index (χ4n) is 10.8. The van der Waals surface area contributed by atoms with Crippen LogP contribution in [0.5, 0.6) is 5.75 Å². The van der Waals surface area contributed by atoms with Crippen molar-refractivity contribution in [1.29, 1.82) is 0 Å². The first-order valence-corrected chi connectivity index (χ1v) is 26.4. The van der Waals surface area contributed by atoms with Gasteiger partial charge in [0.2, 0.25) is 29.5 Å². The number of nitrogens with zero attached hydrogens (tertiary/aromatic N) is 6. The Kier molecular flexibility index (Phi) is 16.7. The van der Waals surface area contributed by atoms with Crippen molar-refractivity contribution in [1.82, 2.24) is 40.5 Å². The summed E-state index contributed by atoms with van der Waals surface area (Å²) in [7, 11) is 5.33. The third-order valence-electron chi connectivity index (χ3n) is 15.2. The maximum absolute atomic E-state index is 15.7. The molecule has 0 spiro atoms. The second-order valence-electron chi connectivity index (χ2n) is 20.1. The lowest BCUT2D eigenvalue weighted by Gasteiger charge is -2.45. The van der Waals surface area contributed by atoms with Gasteiger partial charge >= 0.3 is 5.97 Å². The van der Waals surface area contributed by atoms with Crippen LogP contribution in [0.3, 0.4) is 0 Å². The van der Waals surface area contributed by atoms with E-state index in [2.05, 4.69) is 25.8 Å². The van der Waals surface area contributed by atoms with Gasteiger partial charge in [-0.25, -0.2) is 9.78 Å². The van der Waals surface area contributed by atoms with Crippen LogP contribution in [0.15, 0.2) is 72.9 Å². The SMILES string of the molecule is CC[C@H]1NC(=O)[C@@H](NC(=O)c2ncccc2O)[C@@H](C)OC(=O)[C@H](c2ccccc2)NC(=O)[C@H]2CC(=O)[C@H](CS[C@@H]3CN4CCC3CC4)CN2C(=O)[C@H](Cc2ccc(N(C)C)cc2)N(C)C(=O)[C@@H]2CCCN2C1=O. The first-order valence-electron chi connectivity index (χ1n) is 25.3. The number of anilines is 1. The van der Waals surface area contributed by atoms with Crippen LogP contribution in [0.2, 0.25) is 0 Å². The molecule has 0 unspecified atom stereocenters. The number of benzene rings is 2. The molecule has 9 rings (SSSR count). The average Bonchev–Trinajstić information content (AvgIpc) is 3.89. The Bertz CT molecular complexity index is 2540. The Balaban J connectivity index is 1.19. The lowest BCUT2D eigenvalue weighted by Crippen LogP contribution is -2.63. The molecule has 2 bridgehead atoms. The number of ketones is 1. The van der Waals surface area contributed by atoms with Crippen molar-refractivity contribution >= 4 is 64.6 Å². The number of piperidine rings is 4. The second-order valence-corrected chi connectivity index (χ2v) is 21.4. The average molecular weight is 1020 g/mol. The zero-order valence-electron chi connectivity index (χ0n) is 42.1. The minimum atomic E-state index is -1.69. The van der Waals surface area contributed by atoms with Crippen LogP contribution in [0, 0.1) is 11.8 Å². The van der Waals surface area contributed by atoms with Crippen molar-refractivity contribution < 1.29 is 48.2 Å². The minimum Gasteiger partial charge on any atom is -0.505 e. The molecule has 20 heteroatoms. The summed E-state index contributed by atoms with van der Waals surface area (Å²) in [6.07, 6.45) is 2.40. The van der Waals surface area contributed by atoms with E-state index < -0.39 is 101 Å². The summed E-state index contributed by atoms with van der Waals surface area (Å²) in [6.45, 7) is 6.11. The number of aromatic nitrogens is 1. The van der Waals surface area contributed by atoms with Gasteiger partial charge in [-0.05, 0) is 93.4 Å². The Hall–Kier alpha value is -6.54. The van der Waals surface area contributed by atoms with Crippen molar-refractivity contribution in [3.8, 4) is 5.75 Å². The molecule has 73 heavy (non-hydrogen) atoms.